The summed E-state index contributed by atoms with van der Waals surface area (Å²) in [5.41, 5.74) is 3.22. The second kappa shape index (κ2) is 9.41. The summed E-state index contributed by atoms with van der Waals surface area (Å²) in [6.07, 6.45) is 1.51. The summed E-state index contributed by atoms with van der Waals surface area (Å²) < 4.78 is 12.2. The van der Waals surface area contributed by atoms with E-state index in [1.54, 1.807) is 12.1 Å². The first-order chi connectivity index (χ1) is 12.8. The van der Waals surface area contributed by atoms with Gasteiger partial charge in [-0.2, -0.15) is 5.10 Å². The molecule has 2 N–H and O–H groups in total. The van der Waals surface area contributed by atoms with E-state index in [0.717, 1.165) is 0 Å². The van der Waals surface area contributed by atoms with Gasteiger partial charge in [-0.05, 0) is 58.0 Å². The smallest absolute Gasteiger partial charge is 0.275 e. The number of hydrazone groups is 1. The van der Waals surface area contributed by atoms with Crippen molar-refractivity contribution in [2.75, 3.05) is 0 Å². The highest BCUT2D eigenvalue weighted by Gasteiger charge is 2.11. The van der Waals surface area contributed by atoms with Crippen molar-refractivity contribution < 1.29 is 19.4 Å². The van der Waals surface area contributed by atoms with Crippen LogP contribution in [0.25, 0.3) is 0 Å². The highest BCUT2D eigenvalue weighted by Crippen LogP contribution is 2.26. The summed E-state index contributed by atoms with van der Waals surface area (Å²) in [6.45, 7) is 7.75. The summed E-state index contributed by atoms with van der Waals surface area (Å²) in [6, 6.07) is 10.0. The molecule has 0 bridgehead atoms. The number of hydrogen-bond donors (Lipinski definition) is 2. The highest BCUT2D eigenvalue weighted by atomic mass is 79.9. The number of carbonyl (C=O) groups is 1. The molecule has 2 aromatic carbocycles. The Morgan fingerprint density at radius 1 is 1.11 bits per heavy atom. The van der Waals surface area contributed by atoms with E-state index in [0.29, 0.717) is 21.5 Å². The van der Waals surface area contributed by atoms with Crippen molar-refractivity contribution in [3.8, 4) is 17.2 Å². The molecular formula is C20H23BrN2O4. The van der Waals surface area contributed by atoms with Crippen LogP contribution in [-0.2, 0) is 0 Å². The number of nitrogens with zero attached hydrogens (tertiary/aromatic N) is 1. The lowest BCUT2D eigenvalue weighted by atomic mass is 10.2. The molecule has 1 amide bonds. The van der Waals surface area contributed by atoms with Crippen LogP contribution in [0, 0.1) is 0 Å². The van der Waals surface area contributed by atoms with Gasteiger partial charge in [-0.15, -0.1) is 0 Å². The van der Waals surface area contributed by atoms with Crippen LogP contribution in [0.1, 0.15) is 43.6 Å². The van der Waals surface area contributed by atoms with Crippen LogP contribution in [0.2, 0.25) is 0 Å². The second-order valence-corrected chi connectivity index (χ2v) is 7.31. The zero-order valence-corrected chi connectivity index (χ0v) is 17.3. The van der Waals surface area contributed by atoms with Gasteiger partial charge in [-0.25, -0.2) is 5.43 Å². The third-order valence-electron chi connectivity index (χ3n) is 3.29. The lowest BCUT2D eigenvalue weighted by molar-refractivity contribution is 0.0952. The van der Waals surface area contributed by atoms with Crippen molar-refractivity contribution in [1.29, 1.82) is 0 Å². The Hall–Kier alpha value is -2.54. The molecule has 7 heteroatoms. The number of ether oxygens (including phenoxy) is 2. The van der Waals surface area contributed by atoms with Crippen LogP contribution in [0.5, 0.6) is 17.2 Å². The number of hydrogen-bond acceptors (Lipinski definition) is 5. The van der Waals surface area contributed by atoms with Crippen LogP contribution < -0.4 is 14.9 Å². The molecular weight excluding hydrogens is 412 g/mol. The number of nitrogens with one attached hydrogen (secondary N) is 1. The van der Waals surface area contributed by atoms with Gasteiger partial charge in [0, 0.05) is 16.1 Å². The number of amides is 1. The van der Waals surface area contributed by atoms with Crippen LogP contribution >= 0.6 is 15.9 Å². The molecule has 0 spiro atoms. The zero-order valence-electron chi connectivity index (χ0n) is 15.7. The predicted molar refractivity (Wildman–Crippen MR) is 109 cm³/mol. The summed E-state index contributed by atoms with van der Waals surface area (Å²) in [7, 11) is 0. The molecule has 6 nitrogen and oxygen atoms in total. The first-order valence-corrected chi connectivity index (χ1v) is 9.35. The first kappa shape index (κ1) is 20.8. The van der Waals surface area contributed by atoms with E-state index in [1.807, 2.05) is 39.8 Å². The molecule has 0 saturated heterocycles. The SMILES string of the molecule is CC(C)Oc1ccc(/C=N\NC(=O)c2cc(Br)ccc2O)c(OC(C)C)c1. The number of phenolic OH excluding ortho intramolecular Hbond substituents is 1. The summed E-state index contributed by atoms with van der Waals surface area (Å²) in [5, 5.41) is 13.8. The number of carbonyl (C=O) groups excluding carboxylic acids is 1. The van der Waals surface area contributed by atoms with Crippen molar-refractivity contribution in [3.63, 3.8) is 0 Å². The molecule has 0 aliphatic carbocycles. The number of phenols is 1. The molecule has 0 aliphatic rings. The molecule has 144 valence electrons. The summed E-state index contributed by atoms with van der Waals surface area (Å²) in [5.74, 6) is 0.661. The Bertz CT molecular complexity index is 835. The van der Waals surface area contributed by atoms with E-state index in [2.05, 4.69) is 26.5 Å². The monoisotopic (exact) mass is 434 g/mol. The van der Waals surface area contributed by atoms with Crippen LogP contribution in [0.3, 0.4) is 0 Å². The minimum absolute atomic E-state index is 0.0281. The van der Waals surface area contributed by atoms with Crippen molar-refractivity contribution in [2.45, 2.75) is 39.9 Å². The molecule has 0 saturated carbocycles. The maximum Gasteiger partial charge on any atom is 0.275 e. The van der Waals surface area contributed by atoms with Crippen LogP contribution in [0.4, 0.5) is 0 Å². The van der Waals surface area contributed by atoms with Crippen molar-refractivity contribution in [1.82, 2.24) is 5.43 Å². The molecule has 0 heterocycles. The average Bonchev–Trinajstić information content (AvgIpc) is 2.57. The topological polar surface area (TPSA) is 80.2 Å². The number of rotatable bonds is 7. The number of aromatic hydroxyl groups is 1. The van der Waals surface area contributed by atoms with Crippen molar-refractivity contribution in [3.05, 3.63) is 52.0 Å². The highest BCUT2D eigenvalue weighted by molar-refractivity contribution is 9.10. The largest absolute Gasteiger partial charge is 0.507 e. The summed E-state index contributed by atoms with van der Waals surface area (Å²) in [4.78, 5) is 12.2. The van der Waals surface area contributed by atoms with Crippen LogP contribution in [-0.4, -0.2) is 29.4 Å². The molecule has 2 aromatic rings. The number of benzene rings is 2. The van der Waals surface area contributed by atoms with E-state index in [1.165, 1.54) is 18.3 Å². The predicted octanol–water partition coefficient (Wildman–Crippen LogP) is 4.49. The normalized spacial score (nSPS) is 11.2. The second-order valence-electron chi connectivity index (χ2n) is 6.39. The molecule has 2 rings (SSSR count). The van der Waals surface area contributed by atoms with Crippen molar-refractivity contribution in [2.24, 2.45) is 5.10 Å². The average molecular weight is 435 g/mol. The lowest BCUT2D eigenvalue weighted by Gasteiger charge is -2.15. The lowest BCUT2D eigenvalue weighted by Crippen LogP contribution is -2.18. The van der Waals surface area contributed by atoms with E-state index >= 15 is 0 Å². The fourth-order valence-electron chi connectivity index (χ4n) is 2.23. The standard InChI is InChI=1S/C20H23BrN2O4/c1-12(2)26-16-7-5-14(19(10-16)27-13(3)4)11-22-23-20(25)17-9-15(21)6-8-18(17)24/h5-13,24H,1-4H3,(H,23,25)/b22-11-. The maximum atomic E-state index is 12.2. The van der Waals surface area contributed by atoms with E-state index < -0.39 is 5.91 Å². The van der Waals surface area contributed by atoms with Gasteiger partial charge in [-0.1, -0.05) is 15.9 Å². The molecule has 0 radical (unpaired) electrons. The minimum atomic E-state index is -0.517. The van der Waals surface area contributed by atoms with Gasteiger partial charge in [0.1, 0.15) is 17.2 Å². The Morgan fingerprint density at radius 3 is 2.48 bits per heavy atom. The van der Waals surface area contributed by atoms with Gasteiger partial charge in [-0.3, -0.25) is 4.79 Å². The van der Waals surface area contributed by atoms with Gasteiger partial charge in [0.15, 0.2) is 0 Å². The molecule has 27 heavy (non-hydrogen) atoms. The molecule has 0 aliphatic heterocycles. The van der Waals surface area contributed by atoms with Crippen molar-refractivity contribution >= 4 is 28.1 Å². The van der Waals surface area contributed by atoms with Gasteiger partial charge >= 0.3 is 0 Å². The Morgan fingerprint density at radius 2 is 1.81 bits per heavy atom. The third kappa shape index (κ3) is 6.29. The molecule has 0 fully saturated rings. The van der Waals surface area contributed by atoms with Gasteiger partial charge < -0.3 is 14.6 Å². The van der Waals surface area contributed by atoms with E-state index in [-0.39, 0.29) is 23.5 Å². The molecule has 0 atom stereocenters. The Labute approximate surface area is 167 Å². The van der Waals surface area contributed by atoms with Gasteiger partial charge in [0.2, 0.25) is 0 Å². The Balaban J connectivity index is 2.17. The fraction of sp³-hybridized carbons (Fsp3) is 0.300. The van der Waals surface area contributed by atoms with Gasteiger partial charge in [0.25, 0.3) is 5.91 Å². The Kier molecular flexibility index (Phi) is 7.24. The maximum absolute atomic E-state index is 12.2. The van der Waals surface area contributed by atoms with Gasteiger partial charge in [0.05, 0.1) is 24.0 Å². The quantitative estimate of drug-likeness (QED) is 0.496. The van der Waals surface area contributed by atoms with Crippen LogP contribution in [0.15, 0.2) is 46.0 Å². The fourth-order valence-corrected chi connectivity index (χ4v) is 2.59. The van der Waals surface area contributed by atoms with E-state index in [9.17, 15) is 9.90 Å². The zero-order chi connectivity index (χ0) is 20.0. The summed E-state index contributed by atoms with van der Waals surface area (Å²) >= 11 is 3.27. The first-order valence-electron chi connectivity index (χ1n) is 8.55. The van der Waals surface area contributed by atoms with E-state index in [4.69, 9.17) is 9.47 Å². The minimum Gasteiger partial charge on any atom is -0.507 e. The molecule has 0 aromatic heterocycles. The number of halogens is 1. The third-order valence-corrected chi connectivity index (χ3v) is 3.79. The molecule has 0 unspecified atom stereocenters.